The Bertz CT molecular complexity index is 699. The summed E-state index contributed by atoms with van der Waals surface area (Å²) in [5, 5.41) is 7.78. The molecule has 1 fully saturated rings. The summed E-state index contributed by atoms with van der Waals surface area (Å²) in [6.07, 6.45) is 6.99. The van der Waals surface area contributed by atoms with Gasteiger partial charge in [0.2, 0.25) is 5.91 Å². The van der Waals surface area contributed by atoms with Crippen molar-refractivity contribution >= 4 is 5.91 Å². The van der Waals surface area contributed by atoms with E-state index in [2.05, 4.69) is 29.5 Å². The van der Waals surface area contributed by atoms with Crippen LogP contribution in [0.2, 0.25) is 0 Å². The van der Waals surface area contributed by atoms with Crippen LogP contribution in [0.1, 0.15) is 61.0 Å². The Hall–Kier alpha value is -2.10. The Labute approximate surface area is 150 Å². The molecule has 1 N–H and O–H groups in total. The van der Waals surface area contributed by atoms with E-state index < -0.39 is 0 Å². The molecule has 0 aliphatic heterocycles. The molecular weight excluding hydrogens is 310 g/mol. The summed E-state index contributed by atoms with van der Waals surface area (Å²) in [6.45, 7) is 5.46. The zero-order valence-electron chi connectivity index (χ0n) is 15.4. The molecule has 0 bridgehead atoms. The van der Waals surface area contributed by atoms with E-state index in [0.29, 0.717) is 18.9 Å². The number of amides is 1. The van der Waals surface area contributed by atoms with Gasteiger partial charge in [-0.05, 0) is 38.2 Å². The zero-order valence-corrected chi connectivity index (χ0v) is 15.4. The van der Waals surface area contributed by atoms with Crippen LogP contribution in [0.5, 0.6) is 0 Å². The first-order valence-electron chi connectivity index (χ1n) is 9.47. The summed E-state index contributed by atoms with van der Waals surface area (Å²) in [5.41, 5.74) is 4.53. The molecule has 134 valence electrons. The number of rotatable bonds is 6. The Morgan fingerprint density at radius 2 is 1.88 bits per heavy atom. The highest BCUT2D eigenvalue weighted by Gasteiger charge is 2.18. The molecule has 4 nitrogen and oxygen atoms in total. The molecule has 0 radical (unpaired) electrons. The van der Waals surface area contributed by atoms with Crippen LogP contribution in [0.25, 0.3) is 0 Å². The predicted molar refractivity (Wildman–Crippen MR) is 100 cm³/mol. The van der Waals surface area contributed by atoms with Crippen LogP contribution >= 0.6 is 0 Å². The molecule has 0 saturated heterocycles. The fraction of sp³-hybridized carbons (Fsp3) is 0.524. The summed E-state index contributed by atoms with van der Waals surface area (Å²) in [4.78, 5) is 12.3. The number of aryl methyl sites for hydroxylation is 1. The first-order chi connectivity index (χ1) is 12.1. The van der Waals surface area contributed by atoms with E-state index in [1.54, 1.807) is 0 Å². The summed E-state index contributed by atoms with van der Waals surface area (Å²) >= 11 is 0. The molecule has 0 unspecified atom stereocenters. The second-order valence-corrected chi connectivity index (χ2v) is 7.28. The molecule has 2 aromatic rings. The molecule has 0 spiro atoms. The largest absolute Gasteiger partial charge is 0.352 e. The van der Waals surface area contributed by atoms with Gasteiger partial charge in [-0.2, -0.15) is 5.10 Å². The van der Waals surface area contributed by atoms with Crippen molar-refractivity contribution in [3.8, 4) is 0 Å². The molecule has 1 amide bonds. The van der Waals surface area contributed by atoms with Crippen molar-refractivity contribution in [1.82, 2.24) is 15.1 Å². The number of benzene rings is 1. The lowest BCUT2D eigenvalue weighted by Gasteiger charge is -2.20. The number of carbonyl (C=O) groups is 1. The Morgan fingerprint density at radius 1 is 1.16 bits per heavy atom. The number of hydrogen-bond donors (Lipinski definition) is 1. The van der Waals surface area contributed by atoms with Crippen LogP contribution in [-0.4, -0.2) is 15.7 Å². The van der Waals surface area contributed by atoms with E-state index >= 15 is 0 Å². The monoisotopic (exact) mass is 339 g/mol. The summed E-state index contributed by atoms with van der Waals surface area (Å²) in [7, 11) is 0. The van der Waals surface area contributed by atoms with Gasteiger partial charge in [0.05, 0.1) is 12.2 Å². The molecule has 25 heavy (non-hydrogen) atoms. The topological polar surface area (TPSA) is 46.9 Å². The van der Waals surface area contributed by atoms with Gasteiger partial charge < -0.3 is 5.32 Å². The van der Waals surface area contributed by atoms with Crippen molar-refractivity contribution in [2.45, 2.75) is 65.5 Å². The average molecular weight is 339 g/mol. The molecule has 1 aliphatic rings. The van der Waals surface area contributed by atoms with Crippen LogP contribution in [0.4, 0.5) is 0 Å². The minimum atomic E-state index is 0.182. The van der Waals surface area contributed by atoms with Crippen molar-refractivity contribution in [2.24, 2.45) is 5.92 Å². The van der Waals surface area contributed by atoms with Gasteiger partial charge in [0.25, 0.3) is 0 Å². The number of hydrogen-bond acceptors (Lipinski definition) is 2. The van der Waals surface area contributed by atoms with Crippen LogP contribution in [0.15, 0.2) is 30.3 Å². The number of aromatic nitrogens is 2. The fourth-order valence-electron chi connectivity index (χ4n) is 3.81. The van der Waals surface area contributed by atoms with E-state index in [1.807, 2.05) is 29.8 Å². The SMILES string of the molecule is Cc1nn(Cc2ccccc2)c(C)c1CNC(=O)CC1CCCCC1. The van der Waals surface area contributed by atoms with E-state index in [-0.39, 0.29) is 5.91 Å². The first-order valence-corrected chi connectivity index (χ1v) is 9.47. The minimum absolute atomic E-state index is 0.182. The summed E-state index contributed by atoms with van der Waals surface area (Å²) in [5.74, 6) is 0.762. The molecule has 0 atom stereocenters. The second-order valence-electron chi connectivity index (χ2n) is 7.28. The van der Waals surface area contributed by atoms with E-state index in [0.717, 1.165) is 23.5 Å². The maximum atomic E-state index is 12.3. The molecule has 1 aromatic carbocycles. The maximum absolute atomic E-state index is 12.3. The van der Waals surface area contributed by atoms with Crippen molar-refractivity contribution in [3.05, 3.63) is 52.8 Å². The molecule has 1 aromatic heterocycles. The van der Waals surface area contributed by atoms with Gasteiger partial charge in [0, 0.05) is 24.2 Å². The van der Waals surface area contributed by atoms with Gasteiger partial charge in [-0.25, -0.2) is 0 Å². The third-order valence-electron chi connectivity index (χ3n) is 5.37. The van der Waals surface area contributed by atoms with Gasteiger partial charge in [0.15, 0.2) is 0 Å². The van der Waals surface area contributed by atoms with Crippen molar-refractivity contribution in [3.63, 3.8) is 0 Å². The highest BCUT2D eigenvalue weighted by Crippen LogP contribution is 2.26. The fourth-order valence-corrected chi connectivity index (χ4v) is 3.81. The van der Waals surface area contributed by atoms with Gasteiger partial charge in [0.1, 0.15) is 0 Å². The second kappa shape index (κ2) is 8.32. The third-order valence-corrected chi connectivity index (χ3v) is 5.37. The molecule has 4 heteroatoms. The van der Waals surface area contributed by atoms with Crippen LogP contribution < -0.4 is 5.32 Å². The van der Waals surface area contributed by atoms with Gasteiger partial charge in [-0.1, -0.05) is 49.6 Å². The first kappa shape index (κ1) is 17.7. The van der Waals surface area contributed by atoms with Gasteiger partial charge in [-0.3, -0.25) is 9.48 Å². The third kappa shape index (κ3) is 4.71. The van der Waals surface area contributed by atoms with Gasteiger partial charge >= 0.3 is 0 Å². The maximum Gasteiger partial charge on any atom is 0.220 e. The summed E-state index contributed by atoms with van der Waals surface area (Å²) < 4.78 is 2.04. The Balaban J connectivity index is 1.58. The Kier molecular flexibility index (Phi) is 5.90. The quantitative estimate of drug-likeness (QED) is 0.860. The van der Waals surface area contributed by atoms with Crippen LogP contribution in [0, 0.1) is 19.8 Å². The van der Waals surface area contributed by atoms with E-state index in [9.17, 15) is 4.79 Å². The number of nitrogens with zero attached hydrogens (tertiary/aromatic N) is 2. The predicted octanol–water partition coefficient (Wildman–Crippen LogP) is 4.13. The number of carbonyl (C=O) groups excluding carboxylic acids is 1. The van der Waals surface area contributed by atoms with Crippen molar-refractivity contribution < 1.29 is 4.79 Å². The smallest absolute Gasteiger partial charge is 0.220 e. The molecule has 1 heterocycles. The van der Waals surface area contributed by atoms with E-state index in [4.69, 9.17) is 0 Å². The molecule has 3 rings (SSSR count). The lowest BCUT2D eigenvalue weighted by molar-refractivity contribution is -0.122. The highest BCUT2D eigenvalue weighted by molar-refractivity contribution is 5.76. The van der Waals surface area contributed by atoms with Crippen LogP contribution in [-0.2, 0) is 17.9 Å². The highest BCUT2D eigenvalue weighted by atomic mass is 16.1. The molecule has 1 aliphatic carbocycles. The standard InChI is InChI=1S/C21H29N3O/c1-16-20(14-22-21(25)13-18-9-5-3-6-10-18)17(2)24(23-16)15-19-11-7-4-8-12-19/h4,7-8,11-12,18H,3,5-6,9-10,13-15H2,1-2H3,(H,22,25). The normalized spacial score (nSPS) is 15.3. The number of nitrogens with one attached hydrogen (secondary N) is 1. The Morgan fingerprint density at radius 3 is 2.60 bits per heavy atom. The average Bonchev–Trinajstić information content (AvgIpc) is 2.88. The van der Waals surface area contributed by atoms with Gasteiger partial charge in [-0.15, -0.1) is 0 Å². The minimum Gasteiger partial charge on any atom is -0.352 e. The van der Waals surface area contributed by atoms with Crippen molar-refractivity contribution in [1.29, 1.82) is 0 Å². The lowest BCUT2D eigenvalue weighted by atomic mass is 9.87. The molecular formula is C21H29N3O. The zero-order chi connectivity index (χ0) is 17.6. The van der Waals surface area contributed by atoms with Crippen molar-refractivity contribution in [2.75, 3.05) is 0 Å². The van der Waals surface area contributed by atoms with E-state index in [1.165, 1.54) is 37.7 Å². The summed E-state index contributed by atoms with van der Waals surface area (Å²) in [6, 6.07) is 10.4. The molecule has 1 saturated carbocycles. The lowest BCUT2D eigenvalue weighted by Crippen LogP contribution is -2.26. The van der Waals surface area contributed by atoms with Crippen LogP contribution in [0.3, 0.4) is 0 Å².